The van der Waals surface area contributed by atoms with Gasteiger partial charge in [-0.15, -0.1) is 24.0 Å². The third-order valence-corrected chi connectivity index (χ3v) is 3.87. The number of amides is 1. The van der Waals surface area contributed by atoms with Gasteiger partial charge < -0.3 is 29.7 Å². The molecule has 0 saturated heterocycles. The van der Waals surface area contributed by atoms with Gasteiger partial charge in [0.2, 0.25) is 0 Å². The molecule has 166 valence electrons. The fourth-order valence-corrected chi connectivity index (χ4v) is 2.41. The number of carbonyl (C=O) groups excluding carboxylic acids is 1. The van der Waals surface area contributed by atoms with Gasteiger partial charge in [0, 0.05) is 44.9 Å². The maximum absolute atomic E-state index is 12.2. The van der Waals surface area contributed by atoms with Gasteiger partial charge in [0.05, 0.1) is 14.2 Å². The van der Waals surface area contributed by atoms with Crippen LogP contribution in [0.25, 0.3) is 0 Å². The van der Waals surface area contributed by atoms with Gasteiger partial charge in [-0.3, -0.25) is 4.99 Å². The first-order chi connectivity index (χ1) is 13.2. The highest BCUT2D eigenvalue weighted by molar-refractivity contribution is 14.0. The lowest BCUT2D eigenvalue weighted by Crippen LogP contribution is -2.44. The molecule has 0 heterocycles. The smallest absolute Gasteiger partial charge is 0.410 e. The second kappa shape index (κ2) is 13.3. The molecule has 0 fully saturated rings. The molecule has 9 heteroatoms. The summed E-state index contributed by atoms with van der Waals surface area (Å²) in [5.74, 6) is 2.12. The standard InChI is InChI=1S/C20H34N4O4.HI/c1-8-24(19(25)28-20(2,3)4)12-11-22-18(21-5)23-14-15-9-10-16(26-6)13-17(15)27-7;/h9-10,13H,8,11-12,14H2,1-7H3,(H2,21,22,23);1H. The molecular formula is C20H35IN4O4. The van der Waals surface area contributed by atoms with Crippen molar-refractivity contribution in [3.8, 4) is 11.5 Å². The van der Waals surface area contributed by atoms with E-state index >= 15 is 0 Å². The molecule has 1 amide bonds. The number of likely N-dealkylation sites (N-methyl/N-ethyl adjacent to an activating group) is 1. The molecule has 0 aliphatic carbocycles. The molecule has 0 bridgehead atoms. The number of guanidine groups is 1. The number of methoxy groups -OCH3 is 2. The number of hydrogen-bond acceptors (Lipinski definition) is 5. The highest BCUT2D eigenvalue weighted by Crippen LogP contribution is 2.24. The molecule has 1 aromatic rings. The lowest BCUT2D eigenvalue weighted by molar-refractivity contribution is 0.0264. The number of aliphatic imine (C=N–C) groups is 1. The third kappa shape index (κ3) is 9.91. The number of carbonyl (C=O) groups is 1. The molecule has 0 aliphatic heterocycles. The molecule has 0 saturated carbocycles. The van der Waals surface area contributed by atoms with E-state index in [1.165, 1.54) is 0 Å². The van der Waals surface area contributed by atoms with Crippen LogP contribution >= 0.6 is 24.0 Å². The zero-order chi connectivity index (χ0) is 21.2. The quantitative estimate of drug-likeness (QED) is 0.310. The highest BCUT2D eigenvalue weighted by atomic mass is 127. The van der Waals surface area contributed by atoms with Gasteiger partial charge in [-0.1, -0.05) is 0 Å². The fourth-order valence-electron chi connectivity index (χ4n) is 2.41. The van der Waals surface area contributed by atoms with Gasteiger partial charge in [0.1, 0.15) is 17.1 Å². The molecule has 0 spiro atoms. The Labute approximate surface area is 191 Å². The van der Waals surface area contributed by atoms with Crippen LogP contribution in [-0.4, -0.2) is 63.5 Å². The summed E-state index contributed by atoms with van der Waals surface area (Å²) in [4.78, 5) is 18.0. The van der Waals surface area contributed by atoms with Gasteiger partial charge in [0.25, 0.3) is 0 Å². The molecule has 8 nitrogen and oxygen atoms in total. The van der Waals surface area contributed by atoms with Crippen LogP contribution in [0.3, 0.4) is 0 Å². The topological polar surface area (TPSA) is 84.4 Å². The average molecular weight is 522 g/mol. The van der Waals surface area contributed by atoms with Crippen LogP contribution in [0.1, 0.15) is 33.3 Å². The summed E-state index contributed by atoms with van der Waals surface area (Å²) in [6.07, 6.45) is -0.317. The number of nitrogens with zero attached hydrogens (tertiary/aromatic N) is 2. The van der Waals surface area contributed by atoms with Crippen LogP contribution in [0.5, 0.6) is 11.5 Å². The van der Waals surface area contributed by atoms with E-state index in [1.807, 2.05) is 45.9 Å². The summed E-state index contributed by atoms with van der Waals surface area (Å²) < 4.78 is 16.0. The summed E-state index contributed by atoms with van der Waals surface area (Å²) in [5.41, 5.74) is 0.475. The van der Waals surface area contributed by atoms with Crippen molar-refractivity contribution in [1.29, 1.82) is 0 Å². The van der Waals surface area contributed by atoms with Gasteiger partial charge in [-0.2, -0.15) is 0 Å². The molecule has 0 aromatic heterocycles. The van der Waals surface area contributed by atoms with Crippen molar-refractivity contribution in [2.75, 3.05) is 40.9 Å². The highest BCUT2D eigenvalue weighted by Gasteiger charge is 2.20. The molecule has 29 heavy (non-hydrogen) atoms. The van der Waals surface area contributed by atoms with Crippen molar-refractivity contribution < 1.29 is 19.0 Å². The van der Waals surface area contributed by atoms with Crippen molar-refractivity contribution in [2.45, 2.75) is 39.8 Å². The van der Waals surface area contributed by atoms with Crippen molar-refractivity contribution in [3.63, 3.8) is 0 Å². The van der Waals surface area contributed by atoms with Crippen LogP contribution in [-0.2, 0) is 11.3 Å². The van der Waals surface area contributed by atoms with E-state index in [9.17, 15) is 4.79 Å². The largest absolute Gasteiger partial charge is 0.497 e. The number of rotatable bonds is 8. The minimum absolute atomic E-state index is 0. The first-order valence-electron chi connectivity index (χ1n) is 9.37. The molecule has 0 radical (unpaired) electrons. The Morgan fingerprint density at radius 1 is 1.17 bits per heavy atom. The van der Waals surface area contributed by atoms with Gasteiger partial charge in [-0.05, 0) is 39.8 Å². The van der Waals surface area contributed by atoms with Crippen LogP contribution in [0.4, 0.5) is 4.79 Å². The first kappa shape index (κ1) is 27.1. The Bertz CT molecular complexity index is 662. The summed E-state index contributed by atoms with van der Waals surface area (Å²) in [5, 5.41) is 6.45. The minimum atomic E-state index is -0.507. The Kier molecular flexibility index (Phi) is 12.5. The zero-order valence-corrected chi connectivity index (χ0v) is 20.8. The Morgan fingerprint density at radius 2 is 1.86 bits per heavy atom. The number of ether oxygens (including phenoxy) is 3. The summed E-state index contributed by atoms with van der Waals surface area (Å²) in [7, 11) is 4.95. The zero-order valence-electron chi connectivity index (χ0n) is 18.5. The lowest BCUT2D eigenvalue weighted by atomic mass is 10.2. The number of nitrogens with one attached hydrogen (secondary N) is 2. The predicted octanol–water partition coefficient (Wildman–Crippen LogP) is 3.24. The first-order valence-corrected chi connectivity index (χ1v) is 9.37. The van der Waals surface area contributed by atoms with E-state index in [4.69, 9.17) is 14.2 Å². The molecule has 1 aromatic carbocycles. The van der Waals surface area contributed by atoms with Crippen LogP contribution in [0.2, 0.25) is 0 Å². The number of halogens is 1. The molecular weight excluding hydrogens is 487 g/mol. The Balaban J connectivity index is 0.00000784. The van der Waals surface area contributed by atoms with Gasteiger partial charge in [-0.25, -0.2) is 4.79 Å². The lowest BCUT2D eigenvalue weighted by Gasteiger charge is -2.26. The molecule has 2 N–H and O–H groups in total. The maximum atomic E-state index is 12.2. The van der Waals surface area contributed by atoms with Crippen molar-refractivity contribution in [1.82, 2.24) is 15.5 Å². The van der Waals surface area contributed by atoms with Crippen LogP contribution < -0.4 is 20.1 Å². The van der Waals surface area contributed by atoms with Crippen molar-refractivity contribution >= 4 is 36.0 Å². The SMILES string of the molecule is CCN(CCNC(=NC)NCc1ccc(OC)cc1OC)C(=O)OC(C)(C)C.I. The molecule has 0 atom stereocenters. The van der Waals surface area contributed by atoms with Crippen molar-refractivity contribution in [2.24, 2.45) is 4.99 Å². The monoisotopic (exact) mass is 522 g/mol. The molecule has 0 aliphatic rings. The Morgan fingerprint density at radius 3 is 2.38 bits per heavy atom. The normalized spacial score (nSPS) is 11.2. The van der Waals surface area contributed by atoms with E-state index in [0.29, 0.717) is 32.1 Å². The minimum Gasteiger partial charge on any atom is -0.497 e. The van der Waals surface area contributed by atoms with E-state index in [0.717, 1.165) is 17.1 Å². The Hall–Kier alpha value is -1.91. The molecule has 0 unspecified atom stereocenters. The van der Waals surface area contributed by atoms with Crippen molar-refractivity contribution in [3.05, 3.63) is 23.8 Å². The maximum Gasteiger partial charge on any atom is 0.410 e. The second-order valence-corrected chi connectivity index (χ2v) is 7.09. The second-order valence-electron chi connectivity index (χ2n) is 7.09. The average Bonchev–Trinajstić information content (AvgIpc) is 2.65. The van der Waals surface area contributed by atoms with Gasteiger partial charge >= 0.3 is 6.09 Å². The van der Waals surface area contributed by atoms with Crippen LogP contribution in [0.15, 0.2) is 23.2 Å². The summed E-state index contributed by atoms with van der Waals surface area (Å²) >= 11 is 0. The van der Waals surface area contributed by atoms with E-state index in [-0.39, 0.29) is 30.1 Å². The van der Waals surface area contributed by atoms with E-state index in [1.54, 1.807) is 26.2 Å². The van der Waals surface area contributed by atoms with E-state index < -0.39 is 5.60 Å². The van der Waals surface area contributed by atoms with E-state index in [2.05, 4.69) is 15.6 Å². The summed E-state index contributed by atoms with van der Waals surface area (Å²) in [6, 6.07) is 5.67. The van der Waals surface area contributed by atoms with Crippen LogP contribution in [0, 0.1) is 0 Å². The fraction of sp³-hybridized carbons (Fsp3) is 0.600. The molecule has 1 rings (SSSR count). The number of hydrogen-bond donors (Lipinski definition) is 2. The third-order valence-electron chi connectivity index (χ3n) is 3.87. The predicted molar refractivity (Wildman–Crippen MR) is 127 cm³/mol. The number of benzene rings is 1. The van der Waals surface area contributed by atoms with Gasteiger partial charge in [0.15, 0.2) is 5.96 Å². The summed E-state index contributed by atoms with van der Waals surface area (Å²) in [6.45, 7) is 9.67.